The summed E-state index contributed by atoms with van der Waals surface area (Å²) in [6.07, 6.45) is 0.580. The third kappa shape index (κ3) is 6.90. The lowest BCUT2D eigenvalue weighted by molar-refractivity contribution is -0.903. The summed E-state index contributed by atoms with van der Waals surface area (Å²) in [5.74, 6) is 1.74. The van der Waals surface area contributed by atoms with E-state index in [0.717, 1.165) is 50.6 Å². The topological polar surface area (TPSA) is 55.6 Å². The van der Waals surface area contributed by atoms with Crippen molar-refractivity contribution >= 4 is 5.69 Å². The average Bonchev–Trinajstić information content (AvgIpc) is 2.80. The van der Waals surface area contributed by atoms with Crippen molar-refractivity contribution in [3.8, 4) is 11.5 Å². The van der Waals surface area contributed by atoms with Gasteiger partial charge in [0.05, 0.1) is 46.5 Å². The second-order valence-electron chi connectivity index (χ2n) is 7.71. The Bertz CT molecular complexity index is 728. The molecular formula is C24H35N2O4+. The van der Waals surface area contributed by atoms with Crippen molar-refractivity contribution in [1.82, 2.24) is 0 Å². The minimum atomic E-state index is -0.448. The SMILES string of the molecule is CCc1ccc(OCCOC[C@H](O)C[NH+]2CCN(c3ccc(OC)cc3)CC2)cc1. The number of methoxy groups -OCH3 is 1. The Balaban J connectivity index is 1.27. The smallest absolute Gasteiger partial charge is 0.126 e. The van der Waals surface area contributed by atoms with E-state index in [1.807, 2.05) is 24.3 Å². The number of quaternary nitrogens is 1. The minimum Gasteiger partial charge on any atom is -0.497 e. The molecule has 2 N–H and O–H groups in total. The number of nitrogens with zero attached hydrogens (tertiary/aromatic N) is 1. The molecule has 6 heteroatoms. The maximum Gasteiger partial charge on any atom is 0.126 e. The van der Waals surface area contributed by atoms with Gasteiger partial charge in [-0.15, -0.1) is 0 Å². The van der Waals surface area contributed by atoms with E-state index in [2.05, 4.69) is 36.1 Å². The minimum absolute atomic E-state index is 0.351. The number of hydrogen-bond acceptors (Lipinski definition) is 5. The van der Waals surface area contributed by atoms with Gasteiger partial charge in [-0.2, -0.15) is 0 Å². The third-order valence-electron chi connectivity index (χ3n) is 5.57. The fourth-order valence-corrected chi connectivity index (χ4v) is 3.73. The summed E-state index contributed by atoms with van der Waals surface area (Å²) >= 11 is 0. The molecule has 30 heavy (non-hydrogen) atoms. The van der Waals surface area contributed by atoms with Crippen LogP contribution >= 0.6 is 0 Å². The average molecular weight is 416 g/mol. The highest BCUT2D eigenvalue weighted by molar-refractivity contribution is 5.49. The molecule has 0 spiro atoms. The molecular weight excluding hydrogens is 380 g/mol. The van der Waals surface area contributed by atoms with Crippen LogP contribution in [-0.2, 0) is 11.2 Å². The van der Waals surface area contributed by atoms with E-state index >= 15 is 0 Å². The normalized spacial score (nSPS) is 15.8. The van der Waals surface area contributed by atoms with Gasteiger partial charge in [-0.05, 0) is 48.4 Å². The van der Waals surface area contributed by atoms with Crippen LogP contribution in [0.2, 0.25) is 0 Å². The van der Waals surface area contributed by atoms with Crippen molar-refractivity contribution in [2.45, 2.75) is 19.4 Å². The van der Waals surface area contributed by atoms with E-state index in [9.17, 15) is 5.11 Å². The molecule has 2 aromatic rings. The van der Waals surface area contributed by atoms with Crippen LogP contribution in [0.3, 0.4) is 0 Å². The Hall–Kier alpha value is -2.28. The zero-order chi connectivity index (χ0) is 21.2. The predicted molar refractivity (Wildman–Crippen MR) is 119 cm³/mol. The lowest BCUT2D eigenvalue weighted by Crippen LogP contribution is -3.16. The first-order chi connectivity index (χ1) is 14.7. The molecule has 3 rings (SSSR count). The monoisotopic (exact) mass is 415 g/mol. The summed E-state index contributed by atoms with van der Waals surface area (Å²) in [6.45, 7) is 8.18. The summed E-state index contributed by atoms with van der Waals surface area (Å²) in [5.41, 5.74) is 2.53. The van der Waals surface area contributed by atoms with Crippen molar-refractivity contribution in [2.75, 3.05) is 64.6 Å². The first-order valence-electron chi connectivity index (χ1n) is 10.9. The molecule has 1 atom stereocenters. The molecule has 2 aromatic carbocycles. The molecule has 164 valence electrons. The summed E-state index contributed by atoms with van der Waals surface area (Å²) in [7, 11) is 1.68. The van der Waals surface area contributed by atoms with Crippen molar-refractivity contribution < 1.29 is 24.2 Å². The molecule has 0 aliphatic carbocycles. The van der Waals surface area contributed by atoms with Crippen molar-refractivity contribution in [1.29, 1.82) is 0 Å². The molecule has 1 fully saturated rings. The van der Waals surface area contributed by atoms with Crippen LogP contribution in [0.15, 0.2) is 48.5 Å². The third-order valence-corrected chi connectivity index (χ3v) is 5.57. The fraction of sp³-hybridized carbons (Fsp3) is 0.500. The summed E-state index contributed by atoms with van der Waals surface area (Å²) in [5, 5.41) is 10.3. The summed E-state index contributed by atoms with van der Waals surface area (Å²) < 4.78 is 16.5. The molecule has 0 saturated carbocycles. The number of rotatable bonds is 11. The molecule has 1 saturated heterocycles. The van der Waals surface area contributed by atoms with E-state index in [-0.39, 0.29) is 0 Å². The van der Waals surface area contributed by atoms with Crippen LogP contribution in [-0.4, -0.2) is 70.9 Å². The lowest BCUT2D eigenvalue weighted by atomic mass is 10.2. The van der Waals surface area contributed by atoms with E-state index < -0.39 is 6.10 Å². The van der Waals surface area contributed by atoms with Gasteiger partial charge in [-0.3, -0.25) is 0 Å². The van der Waals surface area contributed by atoms with Gasteiger partial charge in [-0.25, -0.2) is 0 Å². The largest absolute Gasteiger partial charge is 0.497 e. The second kappa shape index (κ2) is 11.8. The van der Waals surface area contributed by atoms with Gasteiger partial charge in [0.15, 0.2) is 0 Å². The van der Waals surface area contributed by atoms with Gasteiger partial charge < -0.3 is 29.1 Å². The van der Waals surface area contributed by atoms with E-state index in [0.29, 0.717) is 19.8 Å². The van der Waals surface area contributed by atoms with Crippen LogP contribution in [0.4, 0.5) is 5.69 Å². The Morgan fingerprint density at radius 3 is 2.27 bits per heavy atom. The fourth-order valence-electron chi connectivity index (χ4n) is 3.73. The highest BCUT2D eigenvalue weighted by Gasteiger charge is 2.22. The van der Waals surface area contributed by atoms with Gasteiger partial charge >= 0.3 is 0 Å². The van der Waals surface area contributed by atoms with Gasteiger partial charge in [0.25, 0.3) is 0 Å². The Labute approximate surface area is 180 Å². The molecule has 0 radical (unpaired) electrons. The highest BCUT2D eigenvalue weighted by Crippen LogP contribution is 2.19. The number of benzene rings is 2. The molecule has 1 aliphatic heterocycles. The Morgan fingerprint density at radius 2 is 1.63 bits per heavy atom. The maximum absolute atomic E-state index is 10.3. The summed E-state index contributed by atoms with van der Waals surface area (Å²) in [6, 6.07) is 16.3. The van der Waals surface area contributed by atoms with E-state index in [1.54, 1.807) is 7.11 Å². The zero-order valence-corrected chi connectivity index (χ0v) is 18.2. The Kier molecular flexibility index (Phi) is 8.81. The lowest BCUT2D eigenvalue weighted by Gasteiger charge is -2.34. The zero-order valence-electron chi connectivity index (χ0n) is 18.2. The Morgan fingerprint density at radius 1 is 0.967 bits per heavy atom. The van der Waals surface area contributed by atoms with Gasteiger partial charge in [0.2, 0.25) is 0 Å². The first-order valence-corrected chi connectivity index (χ1v) is 10.9. The van der Waals surface area contributed by atoms with Gasteiger partial charge in [-0.1, -0.05) is 19.1 Å². The van der Waals surface area contributed by atoms with E-state index in [4.69, 9.17) is 14.2 Å². The van der Waals surface area contributed by atoms with Crippen molar-refractivity contribution in [2.24, 2.45) is 0 Å². The molecule has 0 bridgehead atoms. The van der Waals surface area contributed by atoms with Crippen LogP contribution in [0, 0.1) is 0 Å². The molecule has 6 nitrogen and oxygen atoms in total. The predicted octanol–water partition coefficient (Wildman–Crippen LogP) is 1.42. The van der Waals surface area contributed by atoms with Crippen LogP contribution in [0.5, 0.6) is 11.5 Å². The molecule has 1 heterocycles. The number of aryl methyl sites for hydroxylation is 1. The number of hydrogen-bond donors (Lipinski definition) is 2. The van der Waals surface area contributed by atoms with Gasteiger partial charge in [0.1, 0.15) is 30.8 Å². The van der Waals surface area contributed by atoms with Crippen molar-refractivity contribution in [3.63, 3.8) is 0 Å². The number of piperazine rings is 1. The summed E-state index contributed by atoms with van der Waals surface area (Å²) in [4.78, 5) is 3.80. The molecule has 1 aliphatic rings. The first kappa shape index (κ1) is 22.4. The standard InChI is InChI=1S/C24H34N2O4/c1-3-20-4-8-24(9-5-20)30-17-16-29-19-22(27)18-25-12-14-26(15-13-25)21-6-10-23(28-2)11-7-21/h4-11,22,27H,3,12-19H2,1-2H3/p+1/t22-/m1/s1. The number of nitrogens with one attached hydrogen (secondary N) is 1. The van der Waals surface area contributed by atoms with Gasteiger partial charge in [0, 0.05) is 5.69 Å². The quantitative estimate of drug-likeness (QED) is 0.544. The number of aliphatic hydroxyl groups is 1. The maximum atomic E-state index is 10.3. The van der Waals surface area contributed by atoms with Crippen LogP contribution in [0.1, 0.15) is 12.5 Å². The molecule has 0 unspecified atom stereocenters. The van der Waals surface area contributed by atoms with Crippen LogP contribution < -0.4 is 19.3 Å². The number of anilines is 1. The molecule has 0 aromatic heterocycles. The van der Waals surface area contributed by atoms with Crippen molar-refractivity contribution in [3.05, 3.63) is 54.1 Å². The number of ether oxygens (including phenoxy) is 3. The second-order valence-corrected chi connectivity index (χ2v) is 7.71. The van der Waals surface area contributed by atoms with Crippen LogP contribution in [0.25, 0.3) is 0 Å². The number of aliphatic hydroxyl groups excluding tert-OH is 1. The molecule has 0 amide bonds. The van der Waals surface area contributed by atoms with E-state index in [1.165, 1.54) is 16.2 Å². The highest BCUT2D eigenvalue weighted by atomic mass is 16.5.